The van der Waals surface area contributed by atoms with Crippen molar-refractivity contribution in [2.45, 2.75) is 31.2 Å². The van der Waals surface area contributed by atoms with Crippen LogP contribution in [0.3, 0.4) is 0 Å². The molecule has 1 fully saturated rings. The molecular formula is C21H24N8O2S. The van der Waals surface area contributed by atoms with Crippen LogP contribution in [0.1, 0.15) is 17.8 Å². The van der Waals surface area contributed by atoms with Gasteiger partial charge in [-0.25, -0.2) is 23.1 Å². The van der Waals surface area contributed by atoms with E-state index in [9.17, 15) is 8.42 Å². The molecule has 0 bridgehead atoms. The van der Waals surface area contributed by atoms with Gasteiger partial charge in [0, 0.05) is 42.2 Å². The van der Waals surface area contributed by atoms with E-state index in [-0.39, 0.29) is 10.9 Å². The van der Waals surface area contributed by atoms with Crippen LogP contribution in [0, 0.1) is 13.8 Å². The number of fused-ring (bicyclic) bond motifs is 1. The topological polar surface area (TPSA) is 129 Å². The van der Waals surface area contributed by atoms with E-state index in [2.05, 4.69) is 30.5 Å². The van der Waals surface area contributed by atoms with Gasteiger partial charge in [-0.3, -0.25) is 9.50 Å². The normalized spacial score (nSPS) is 16.6. The molecule has 0 saturated carbocycles. The molecule has 1 saturated heterocycles. The summed E-state index contributed by atoms with van der Waals surface area (Å²) in [5.41, 5.74) is 3.76. The predicted octanol–water partition coefficient (Wildman–Crippen LogP) is 2.12. The third-order valence-electron chi connectivity index (χ3n) is 5.34. The zero-order valence-electron chi connectivity index (χ0n) is 17.8. The van der Waals surface area contributed by atoms with Crippen LogP contribution >= 0.6 is 0 Å². The van der Waals surface area contributed by atoms with Crippen molar-refractivity contribution < 1.29 is 8.42 Å². The van der Waals surface area contributed by atoms with E-state index in [0.717, 1.165) is 24.4 Å². The van der Waals surface area contributed by atoms with Crippen LogP contribution in [0.2, 0.25) is 0 Å². The van der Waals surface area contributed by atoms with E-state index in [1.165, 1.54) is 0 Å². The Morgan fingerprint density at radius 3 is 2.78 bits per heavy atom. The van der Waals surface area contributed by atoms with Crippen LogP contribution in [0.25, 0.3) is 16.9 Å². The number of aromatic nitrogens is 5. The third-order valence-corrected chi connectivity index (χ3v) is 6.86. The summed E-state index contributed by atoms with van der Waals surface area (Å²) in [5.74, 6) is 1.17. The Morgan fingerprint density at radius 1 is 1.16 bits per heavy atom. The van der Waals surface area contributed by atoms with Gasteiger partial charge in [0.2, 0.25) is 16.0 Å². The summed E-state index contributed by atoms with van der Waals surface area (Å²) >= 11 is 0. The molecule has 1 aliphatic heterocycles. The minimum atomic E-state index is -3.64. The maximum atomic E-state index is 12.9. The number of benzene rings is 1. The van der Waals surface area contributed by atoms with Crippen molar-refractivity contribution in [1.29, 1.82) is 0 Å². The Morgan fingerprint density at radius 2 is 2.03 bits per heavy atom. The lowest BCUT2D eigenvalue weighted by atomic mass is 10.1. The van der Waals surface area contributed by atoms with Crippen molar-refractivity contribution in [3.63, 3.8) is 0 Å². The van der Waals surface area contributed by atoms with E-state index in [0.29, 0.717) is 35.2 Å². The Bertz CT molecular complexity index is 1390. The van der Waals surface area contributed by atoms with Gasteiger partial charge in [-0.05, 0) is 38.9 Å². The van der Waals surface area contributed by atoms with Crippen LogP contribution < -0.4 is 15.4 Å². The van der Waals surface area contributed by atoms with Crippen molar-refractivity contribution >= 4 is 27.4 Å². The quantitative estimate of drug-likeness (QED) is 0.353. The summed E-state index contributed by atoms with van der Waals surface area (Å²) in [6, 6.07) is 10.4. The van der Waals surface area contributed by atoms with E-state index >= 15 is 0 Å². The second-order valence-electron chi connectivity index (χ2n) is 7.98. The number of hydrogen-bond acceptors (Lipinski definition) is 7. The lowest BCUT2D eigenvalue weighted by Crippen LogP contribution is -2.36. The number of sulfonamides is 1. The smallest absolute Gasteiger partial charge is 0.240 e. The predicted molar refractivity (Wildman–Crippen MR) is 121 cm³/mol. The lowest BCUT2D eigenvalue weighted by molar-refractivity contribution is 0.560. The van der Waals surface area contributed by atoms with Crippen LogP contribution in [0.5, 0.6) is 0 Å². The van der Waals surface area contributed by atoms with Gasteiger partial charge in [0.15, 0.2) is 5.82 Å². The molecule has 166 valence electrons. The fourth-order valence-electron chi connectivity index (χ4n) is 3.81. The molecular weight excluding hydrogens is 428 g/mol. The third kappa shape index (κ3) is 4.09. The highest BCUT2D eigenvalue weighted by atomic mass is 32.2. The molecule has 3 aromatic heterocycles. The van der Waals surface area contributed by atoms with Crippen LogP contribution in [-0.2, 0) is 10.0 Å². The molecule has 0 radical (unpaired) electrons. The second kappa shape index (κ2) is 8.01. The van der Waals surface area contributed by atoms with Crippen LogP contribution in [-0.4, -0.2) is 52.1 Å². The molecule has 32 heavy (non-hydrogen) atoms. The number of hydrogen-bond donors (Lipinski definition) is 4. The molecule has 1 aromatic carbocycles. The largest absolute Gasteiger partial charge is 0.315 e. The zero-order valence-corrected chi connectivity index (χ0v) is 18.6. The number of aryl methyl sites for hydroxylation is 2. The van der Waals surface area contributed by atoms with Gasteiger partial charge in [0.05, 0.1) is 16.3 Å². The molecule has 1 atom stereocenters. The minimum absolute atomic E-state index is 0.0980. The molecule has 0 aliphatic carbocycles. The number of nitrogens with one attached hydrogen (secondary N) is 4. The van der Waals surface area contributed by atoms with Gasteiger partial charge in [0.25, 0.3) is 0 Å². The van der Waals surface area contributed by atoms with Gasteiger partial charge >= 0.3 is 0 Å². The first-order valence-corrected chi connectivity index (χ1v) is 11.8. The summed E-state index contributed by atoms with van der Waals surface area (Å²) in [7, 11) is -3.64. The highest BCUT2D eigenvalue weighted by Gasteiger charge is 2.23. The molecule has 0 spiro atoms. The van der Waals surface area contributed by atoms with Gasteiger partial charge in [-0.15, -0.1) is 0 Å². The van der Waals surface area contributed by atoms with Crippen LogP contribution in [0.4, 0.5) is 11.8 Å². The van der Waals surface area contributed by atoms with Crippen molar-refractivity contribution in [2.75, 3.05) is 18.4 Å². The van der Waals surface area contributed by atoms with Crippen molar-refractivity contribution in [3.05, 3.63) is 54.0 Å². The lowest BCUT2D eigenvalue weighted by Gasteiger charge is -2.13. The average molecular weight is 453 g/mol. The number of rotatable bonds is 6. The fourth-order valence-corrected chi connectivity index (χ4v) is 5.12. The van der Waals surface area contributed by atoms with E-state index < -0.39 is 10.0 Å². The van der Waals surface area contributed by atoms with Crippen molar-refractivity contribution in [1.82, 2.24) is 34.6 Å². The summed E-state index contributed by atoms with van der Waals surface area (Å²) in [5, 5.41) is 13.5. The van der Waals surface area contributed by atoms with Gasteiger partial charge in [-0.1, -0.05) is 12.1 Å². The monoisotopic (exact) mass is 452 g/mol. The Kier molecular flexibility index (Phi) is 5.16. The molecule has 1 aliphatic rings. The molecule has 10 nitrogen and oxygen atoms in total. The molecule has 4 heterocycles. The highest BCUT2D eigenvalue weighted by Crippen LogP contribution is 2.26. The summed E-state index contributed by atoms with van der Waals surface area (Å²) in [6.45, 7) is 5.27. The highest BCUT2D eigenvalue weighted by molar-refractivity contribution is 7.89. The Hall–Kier alpha value is -3.28. The fraction of sp³-hybridized carbons (Fsp3) is 0.286. The van der Waals surface area contributed by atoms with Crippen LogP contribution in [0.15, 0.2) is 47.5 Å². The van der Waals surface area contributed by atoms with E-state index in [4.69, 9.17) is 4.98 Å². The van der Waals surface area contributed by atoms with Crippen molar-refractivity contribution in [2.24, 2.45) is 0 Å². The summed E-state index contributed by atoms with van der Waals surface area (Å²) in [4.78, 5) is 9.52. The van der Waals surface area contributed by atoms with Gasteiger partial charge < -0.3 is 10.6 Å². The average Bonchev–Trinajstić information content (AvgIpc) is 3.49. The Balaban J connectivity index is 1.53. The molecule has 1 unspecified atom stereocenters. The Labute approximate surface area is 185 Å². The van der Waals surface area contributed by atoms with Gasteiger partial charge in [-0.2, -0.15) is 5.10 Å². The van der Waals surface area contributed by atoms with Gasteiger partial charge in [0.1, 0.15) is 5.65 Å². The molecule has 4 N–H and O–H groups in total. The maximum absolute atomic E-state index is 12.9. The number of nitrogens with zero attached hydrogens (tertiary/aromatic N) is 4. The number of anilines is 2. The maximum Gasteiger partial charge on any atom is 0.240 e. The second-order valence-corrected chi connectivity index (χ2v) is 9.69. The van der Waals surface area contributed by atoms with Crippen molar-refractivity contribution in [3.8, 4) is 11.3 Å². The summed E-state index contributed by atoms with van der Waals surface area (Å²) in [6.07, 6.45) is 2.66. The van der Waals surface area contributed by atoms with E-state index in [1.807, 2.05) is 42.6 Å². The number of H-pyrrole nitrogens is 1. The minimum Gasteiger partial charge on any atom is -0.315 e. The first-order valence-electron chi connectivity index (χ1n) is 10.4. The molecule has 0 amide bonds. The zero-order chi connectivity index (χ0) is 22.3. The standard InChI is InChI=1S/C21H24N8O2S/c1-13-8-19(27-26-13)25-21-24-18(10-20-23-14(2)12-29(20)21)15-4-3-5-17(9-15)32(30,31)28-16-6-7-22-11-16/h3-5,8-10,12,16,22,28H,6-7,11H2,1-2H3,(H2,24,25,26,27). The van der Waals surface area contributed by atoms with E-state index in [1.54, 1.807) is 18.2 Å². The first-order chi connectivity index (χ1) is 15.4. The SMILES string of the molecule is Cc1cn2c(Nc3cc(C)[nH]n3)nc(-c3cccc(S(=O)(=O)NC4CCNC4)c3)cc2n1. The first kappa shape index (κ1) is 20.6. The molecule has 11 heteroatoms. The number of imidazole rings is 1. The summed E-state index contributed by atoms with van der Waals surface area (Å²) < 4.78 is 30.4. The number of aromatic amines is 1. The molecule has 4 aromatic rings. The molecule has 5 rings (SSSR count).